The van der Waals surface area contributed by atoms with E-state index in [1.54, 1.807) is 6.07 Å². The van der Waals surface area contributed by atoms with Crippen LogP contribution in [0.2, 0.25) is 5.02 Å². The number of carbonyl (C=O) groups is 2. The van der Waals surface area contributed by atoms with Gasteiger partial charge in [0.1, 0.15) is 0 Å². The molecule has 1 aliphatic rings. The van der Waals surface area contributed by atoms with E-state index in [-0.39, 0.29) is 16.5 Å². The summed E-state index contributed by atoms with van der Waals surface area (Å²) in [7, 11) is 0. The Bertz CT molecular complexity index is 858. The quantitative estimate of drug-likeness (QED) is 0.564. The standard InChI is InChI=1S/C18H19ClFN3O3S2/c19-12-6-3-7-13(16(12)20)23(9-11-4-1-2-5-11)18(26)22-17-21-8-15(28-17)27-10-14(24)25/h3,6-8,11H,1-2,4-5,9-10H2,(H,24,25)(H,21,22,26). The molecule has 0 saturated heterocycles. The van der Waals surface area contributed by atoms with Gasteiger partial charge in [0.2, 0.25) is 0 Å². The van der Waals surface area contributed by atoms with Gasteiger partial charge in [-0.05, 0) is 30.9 Å². The first-order valence-electron chi connectivity index (χ1n) is 8.77. The van der Waals surface area contributed by atoms with Crippen molar-refractivity contribution in [3.63, 3.8) is 0 Å². The normalized spacial score (nSPS) is 14.2. The smallest absolute Gasteiger partial charge is 0.328 e. The number of anilines is 2. The molecule has 1 aliphatic carbocycles. The lowest BCUT2D eigenvalue weighted by Gasteiger charge is -2.26. The van der Waals surface area contributed by atoms with Gasteiger partial charge in [0.25, 0.3) is 0 Å². The molecule has 10 heteroatoms. The summed E-state index contributed by atoms with van der Waals surface area (Å²) in [5.74, 6) is -1.34. The number of hydrogen-bond acceptors (Lipinski definition) is 5. The summed E-state index contributed by atoms with van der Waals surface area (Å²) in [5, 5.41) is 11.7. The second kappa shape index (κ2) is 9.58. The van der Waals surface area contributed by atoms with Crippen LogP contribution in [-0.2, 0) is 4.79 Å². The van der Waals surface area contributed by atoms with Gasteiger partial charge in [-0.1, -0.05) is 41.8 Å². The molecular formula is C18H19ClFN3O3S2. The molecule has 0 aliphatic heterocycles. The molecule has 0 radical (unpaired) electrons. The van der Waals surface area contributed by atoms with Gasteiger partial charge in [0.15, 0.2) is 10.9 Å². The first-order valence-corrected chi connectivity index (χ1v) is 10.9. The number of carboxylic acid groups (broad SMARTS) is 1. The lowest BCUT2D eigenvalue weighted by atomic mass is 10.1. The van der Waals surface area contributed by atoms with Crippen LogP contribution in [0.5, 0.6) is 0 Å². The molecule has 1 heterocycles. The fraction of sp³-hybridized carbons (Fsp3) is 0.389. The van der Waals surface area contributed by atoms with E-state index in [2.05, 4.69) is 10.3 Å². The number of aliphatic carboxylic acids is 1. The summed E-state index contributed by atoms with van der Waals surface area (Å²) in [6.07, 6.45) is 5.72. The van der Waals surface area contributed by atoms with Crippen LogP contribution in [0.25, 0.3) is 0 Å². The van der Waals surface area contributed by atoms with Crippen LogP contribution in [0.4, 0.5) is 20.0 Å². The number of nitrogens with zero attached hydrogens (tertiary/aromatic N) is 2. The summed E-state index contributed by atoms with van der Waals surface area (Å²) in [5.41, 5.74) is 0.133. The van der Waals surface area contributed by atoms with Gasteiger partial charge in [0.05, 0.1) is 26.9 Å². The van der Waals surface area contributed by atoms with E-state index in [4.69, 9.17) is 16.7 Å². The Morgan fingerprint density at radius 3 is 2.86 bits per heavy atom. The summed E-state index contributed by atoms with van der Waals surface area (Å²) in [6, 6.07) is 4.10. The van der Waals surface area contributed by atoms with Crippen LogP contribution in [0.3, 0.4) is 0 Å². The number of aromatic nitrogens is 1. The predicted octanol–water partition coefficient (Wildman–Crippen LogP) is 5.34. The third kappa shape index (κ3) is 5.36. The van der Waals surface area contributed by atoms with Crippen LogP contribution in [0.15, 0.2) is 28.6 Å². The van der Waals surface area contributed by atoms with Crippen molar-refractivity contribution < 1.29 is 19.1 Å². The highest BCUT2D eigenvalue weighted by atomic mass is 35.5. The largest absolute Gasteiger partial charge is 0.481 e. The van der Waals surface area contributed by atoms with E-state index < -0.39 is 17.8 Å². The van der Waals surface area contributed by atoms with Crippen molar-refractivity contribution in [3.05, 3.63) is 35.2 Å². The molecule has 0 spiro atoms. The zero-order chi connectivity index (χ0) is 20.1. The number of carboxylic acids is 1. The molecule has 150 valence electrons. The van der Waals surface area contributed by atoms with Gasteiger partial charge in [-0.3, -0.25) is 15.0 Å². The van der Waals surface area contributed by atoms with E-state index in [0.717, 1.165) is 37.4 Å². The number of hydrogen-bond donors (Lipinski definition) is 2. The van der Waals surface area contributed by atoms with E-state index in [1.807, 2.05) is 0 Å². The zero-order valence-electron chi connectivity index (χ0n) is 14.9. The van der Waals surface area contributed by atoms with E-state index >= 15 is 0 Å². The molecule has 2 N–H and O–H groups in total. The second-order valence-electron chi connectivity index (χ2n) is 6.43. The monoisotopic (exact) mass is 443 g/mol. The van der Waals surface area contributed by atoms with Gasteiger partial charge in [-0.25, -0.2) is 14.2 Å². The van der Waals surface area contributed by atoms with Crippen molar-refractivity contribution in [1.82, 2.24) is 4.98 Å². The number of carbonyl (C=O) groups excluding carboxylic acids is 1. The highest BCUT2D eigenvalue weighted by Gasteiger charge is 2.26. The highest BCUT2D eigenvalue weighted by molar-refractivity contribution is 8.01. The number of rotatable bonds is 7. The number of thioether (sulfide) groups is 1. The van der Waals surface area contributed by atoms with Crippen molar-refractivity contribution in [1.29, 1.82) is 0 Å². The van der Waals surface area contributed by atoms with Gasteiger partial charge in [-0.15, -0.1) is 11.8 Å². The molecule has 1 fully saturated rings. The molecule has 1 saturated carbocycles. The Labute approximate surface area is 175 Å². The Morgan fingerprint density at radius 2 is 2.14 bits per heavy atom. The minimum absolute atomic E-state index is 0.0386. The number of thiazole rings is 1. The molecule has 28 heavy (non-hydrogen) atoms. The molecule has 6 nitrogen and oxygen atoms in total. The number of halogens is 2. The summed E-state index contributed by atoms with van der Waals surface area (Å²) in [6.45, 7) is 0.398. The van der Waals surface area contributed by atoms with Crippen LogP contribution in [-0.4, -0.2) is 34.4 Å². The average Bonchev–Trinajstić information content (AvgIpc) is 3.32. The Morgan fingerprint density at radius 1 is 1.39 bits per heavy atom. The topological polar surface area (TPSA) is 82.5 Å². The third-order valence-corrected chi connectivity index (χ3v) is 6.80. The lowest BCUT2D eigenvalue weighted by molar-refractivity contribution is -0.133. The van der Waals surface area contributed by atoms with Gasteiger partial charge in [0, 0.05) is 6.54 Å². The molecule has 0 unspecified atom stereocenters. The fourth-order valence-corrected chi connectivity index (χ4v) is 4.87. The average molecular weight is 444 g/mol. The molecule has 2 amide bonds. The maximum absolute atomic E-state index is 14.6. The molecular weight excluding hydrogens is 425 g/mol. The fourth-order valence-electron chi connectivity index (χ4n) is 3.12. The van der Waals surface area contributed by atoms with Crippen molar-refractivity contribution >= 4 is 57.5 Å². The third-order valence-electron chi connectivity index (χ3n) is 4.42. The van der Waals surface area contributed by atoms with Crippen molar-refractivity contribution in [2.24, 2.45) is 5.92 Å². The molecule has 3 rings (SSSR count). The van der Waals surface area contributed by atoms with Gasteiger partial charge in [-0.2, -0.15) is 0 Å². The highest BCUT2D eigenvalue weighted by Crippen LogP contribution is 2.32. The van der Waals surface area contributed by atoms with Crippen LogP contribution >= 0.6 is 34.7 Å². The lowest BCUT2D eigenvalue weighted by Crippen LogP contribution is -2.38. The Hall–Kier alpha value is -1.84. The van der Waals surface area contributed by atoms with E-state index in [9.17, 15) is 14.0 Å². The van der Waals surface area contributed by atoms with Crippen LogP contribution in [0, 0.1) is 11.7 Å². The Kier molecular flexibility index (Phi) is 7.14. The maximum atomic E-state index is 14.6. The summed E-state index contributed by atoms with van der Waals surface area (Å²) < 4.78 is 15.3. The van der Waals surface area contributed by atoms with Gasteiger partial charge < -0.3 is 5.11 Å². The van der Waals surface area contributed by atoms with Crippen molar-refractivity contribution in [2.75, 3.05) is 22.5 Å². The number of urea groups is 1. The molecule has 1 aromatic heterocycles. The summed E-state index contributed by atoms with van der Waals surface area (Å²) >= 11 is 8.21. The molecule has 1 aromatic carbocycles. The van der Waals surface area contributed by atoms with Crippen molar-refractivity contribution in [3.8, 4) is 0 Å². The molecule has 0 bridgehead atoms. The first kappa shape index (κ1) is 20.9. The number of amides is 2. The number of benzene rings is 1. The maximum Gasteiger partial charge on any atom is 0.328 e. The first-order chi connectivity index (χ1) is 13.4. The minimum Gasteiger partial charge on any atom is -0.481 e. The molecule has 2 aromatic rings. The van der Waals surface area contributed by atoms with E-state index in [0.29, 0.717) is 21.8 Å². The van der Waals surface area contributed by atoms with Crippen LogP contribution < -0.4 is 10.2 Å². The molecule has 0 atom stereocenters. The zero-order valence-corrected chi connectivity index (χ0v) is 17.2. The van der Waals surface area contributed by atoms with Gasteiger partial charge >= 0.3 is 12.0 Å². The van der Waals surface area contributed by atoms with Crippen LogP contribution in [0.1, 0.15) is 25.7 Å². The minimum atomic E-state index is -0.928. The van der Waals surface area contributed by atoms with E-state index in [1.165, 1.54) is 34.6 Å². The SMILES string of the molecule is O=C(O)CSc1cnc(NC(=O)N(CC2CCCC2)c2cccc(Cl)c2F)s1. The predicted molar refractivity (Wildman–Crippen MR) is 110 cm³/mol. The van der Waals surface area contributed by atoms with Crippen molar-refractivity contribution in [2.45, 2.75) is 29.9 Å². The second-order valence-corrected chi connectivity index (χ2v) is 9.14. The summed E-state index contributed by atoms with van der Waals surface area (Å²) in [4.78, 5) is 29.1. The number of nitrogens with one attached hydrogen (secondary N) is 1. The Balaban J connectivity index is 1.76.